The van der Waals surface area contributed by atoms with Crippen molar-refractivity contribution in [2.24, 2.45) is 5.73 Å². The Morgan fingerprint density at radius 3 is 2.27 bits per heavy atom. The van der Waals surface area contributed by atoms with E-state index < -0.39 is 17.2 Å². The maximum absolute atomic E-state index is 13.2. The summed E-state index contributed by atoms with van der Waals surface area (Å²) in [5, 5.41) is 0. The van der Waals surface area contributed by atoms with E-state index in [-0.39, 0.29) is 12.5 Å². The fraction of sp³-hybridized carbons (Fsp3) is 0.522. The maximum atomic E-state index is 13.2. The molecule has 4 rings (SSSR count). The SMILES string of the molecule is NCC1(c2cccc(C(F)(F)F)c2)CCN(C(=O)CN2CCN(c3ncccn3)CC2)CC1. The van der Waals surface area contributed by atoms with E-state index in [9.17, 15) is 18.0 Å². The minimum Gasteiger partial charge on any atom is -0.342 e. The van der Waals surface area contributed by atoms with Crippen molar-refractivity contribution in [3.63, 3.8) is 0 Å². The monoisotopic (exact) mass is 462 g/mol. The van der Waals surface area contributed by atoms with Gasteiger partial charge in [0, 0.05) is 63.6 Å². The number of carbonyl (C=O) groups excluding carboxylic acids is 1. The van der Waals surface area contributed by atoms with Gasteiger partial charge >= 0.3 is 6.18 Å². The van der Waals surface area contributed by atoms with Crippen molar-refractivity contribution in [3.05, 3.63) is 53.9 Å². The number of rotatable bonds is 5. The lowest BCUT2D eigenvalue weighted by Gasteiger charge is -2.42. The number of amides is 1. The zero-order valence-corrected chi connectivity index (χ0v) is 18.5. The predicted molar refractivity (Wildman–Crippen MR) is 119 cm³/mol. The van der Waals surface area contributed by atoms with Crippen LogP contribution in [0.1, 0.15) is 24.0 Å². The van der Waals surface area contributed by atoms with Gasteiger partial charge in [-0.25, -0.2) is 9.97 Å². The van der Waals surface area contributed by atoms with E-state index in [0.29, 0.717) is 44.0 Å². The Morgan fingerprint density at radius 1 is 1.00 bits per heavy atom. The van der Waals surface area contributed by atoms with Crippen LogP contribution in [0.4, 0.5) is 19.1 Å². The Balaban J connectivity index is 1.31. The van der Waals surface area contributed by atoms with Crippen LogP contribution in [-0.2, 0) is 16.4 Å². The molecule has 0 saturated carbocycles. The fourth-order valence-corrected chi connectivity index (χ4v) is 4.67. The molecule has 2 fully saturated rings. The zero-order valence-electron chi connectivity index (χ0n) is 18.5. The molecule has 1 aromatic heterocycles. The second-order valence-corrected chi connectivity index (χ2v) is 8.76. The lowest BCUT2D eigenvalue weighted by atomic mass is 9.72. The maximum Gasteiger partial charge on any atom is 0.416 e. The highest BCUT2D eigenvalue weighted by Crippen LogP contribution is 2.38. The molecule has 3 heterocycles. The molecule has 2 aliphatic heterocycles. The number of alkyl halides is 3. The number of anilines is 1. The van der Waals surface area contributed by atoms with Crippen LogP contribution in [0.25, 0.3) is 0 Å². The number of hydrogen-bond donors (Lipinski definition) is 1. The van der Waals surface area contributed by atoms with Gasteiger partial charge in [-0.15, -0.1) is 0 Å². The Bertz CT molecular complexity index is 939. The summed E-state index contributed by atoms with van der Waals surface area (Å²) >= 11 is 0. The average molecular weight is 463 g/mol. The van der Waals surface area contributed by atoms with Gasteiger partial charge in [0.05, 0.1) is 12.1 Å². The second-order valence-electron chi connectivity index (χ2n) is 8.76. The molecule has 0 radical (unpaired) electrons. The molecule has 2 aliphatic rings. The average Bonchev–Trinajstić information content (AvgIpc) is 2.84. The Labute approximate surface area is 191 Å². The second kappa shape index (κ2) is 9.64. The van der Waals surface area contributed by atoms with Gasteiger partial charge in [-0.2, -0.15) is 13.2 Å². The van der Waals surface area contributed by atoms with Crippen molar-refractivity contribution >= 4 is 11.9 Å². The fourth-order valence-electron chi connectivity index (χ4n) is 4.67. The van der Waals surface area contributed by atoms with Crippen LogP contribution in [0.3, 0.4) is 0 Å². The van der Waals surface area contributed by atoms with Gasteiger partial charge in [0.25, 0.3) is 0 Å². The van der Waals surface area contributed by atoms with E-state index in [1.807, 2.05) is 4.90 Å². The van der Waals surface area contributed by atoms with E-state index >= 15 is 0 Å². The Morgan fingerprint density at radius 2 is 1.67 bits per heavy atom. The van der Waals surface area contributed by atoms with E-state index in [2.05, 4.69) is 19.8 Å². The predicted octanol–water partition coefficient (Wildman–Crippen LogP) is 2.14. The molecule has 1 aromatic carbocycles. The summed E-state index contributed by atoms with van der Waals surface area (Å²) in [5.41, 5.74) is 5.45. The molecule has 0 bridgehead atoms. The summed E-state index contributed by atoms with van der Waals surface area (Å²) in [5.74, 6) is 0.751. The summed E-state index contributed by atoms with van der Waals surface area (Å²) in [6, 6.07) is 7.22. The number of nitrogens with two attached hydrogens (primary N) is 1. The minimum atomic E-state index is -4.39. The number of carbonyl (C=O) groups is 1. The molecule has 2 aromatic rings. The Kier molecular flexibility index (Phi) is 6.85. The number of aromatic nitrogens is 2. The highest BCUT2D eigenvalue weighted by Gasteiger charge is 2.38. The minimum absolute atomic E-state index is 0.0501. The summed E-state index contributed by atoms with van der Waals surface area (Å²) < 4.78 is 39.5. The van der Waals surface area contributed by atoms with Crippen LogP contribution >= 0.6 is 0 Å². The van der Waals surface area contributed by atoms with Crippen molar-refractivity contribution in [1.82, 2.24) is 19.8 Å². The van der Waals surface area contributed by atoms with Crippen molar-refractivity contribution in [2.45, 2.75) is 24.4 Å². The van der Waals surface area contributed by atoms with Crippen LogP contribution in [0.15, 0.2) is 42.7 Å². The summed E-state index contributed by atoms with van der Waals surface area (Å²) in [6.07, 6.45) is 0.148. The molecular formula is C23H29F3N6O. The van der Waals surface area contributed by atoms with E-state index in [1.54, 1.807) is 24.5 Å². The summed E-state index contributed by atoms with van der Waals surface area (Å²) in [4.78, 5) is 27.5. The third-order valence-electron chi connectivity index (χ3n) is 6.83. The first-order chi connectivity index (χ1) is 15.8. The van der Waals surface area contributed by atoms with Gasteiger partial charge < -0.3 is 15.5 Å². The normalized spacial score (nSPS) is 19.5. The van der Waals surface area contributed by atoms with Gasteiger partial charge in [-0.1, -0.05) is 18.2 Å². The van der Waals surface area contributed by atoms with Crippen molar-refractivity contribution in [1.29, 1.82) is 0 Å². The lowest BCUT2D eigenvalue weighted by molar-refractivity contribution is -0.137. The first kappa shape index (κ1) is 23.4. The first-order valence-electron chi connectivity index (χ1n) is 11.2. The van der Waals surface area contributed by atoms with Crippen LogP contribution in [0, 0.1) is 0 Å². The molecule has 178 valence electrons. The molecule has 0 spiro atoms. The highest BCUT2D eigenvalue weighted by molar-refractivity contribution is 5.78. The molecule has 0 unspecified atom stereocenters. The van der Waals surface area contributed by atoms with E-state index in [1.165, 1.54) is 12.1 Å². The number of piperidine rings is 1. The van der Waals surface area contributed by atoms with E-state index in [0.717, 1.165) is 32.2 Å². The van der Waals surface area contributed by atoms with Gasteiger partial charge in [0.15, 0.2) is 0 Å². The van der Waals surface area contributed by atoms with Crippen LogP contribution in [-0.4, -0.2) is 78.0 Å². The Hall–Kier alpha value is -2.72. The van der Waals surface area contributed by atoms with Crippen molar-refractivity contribution in [2.75, 3.05) is 57.3 Å². The standard InChI is InChI=1S/C23H29F3N6O/c24-23(25,26)19-4-1-3-18(15-19)22(17-27)5-9-31(10-6-22)20(33)16-30-11-13-32(14-12-30)21-28-7-2-8-29-21/h1-4,7-8,15H,5-6,9-14,16-17,27H2. The molecule has 2 N–H and O–H groups in total. The molecule has 0 aliphatic carbocycles. The number of benzene rings is 1. The van der Waals surface area contributed by atoms with E-state index in [4.69, 9.17) is 5.73 Å². The van der Waals surface area contributed by atoms with Crippen molar-refractivity contribution < 1.29 is 18.0 Å². The largest absolute Gasteiger partial charge is 0.416 e. The molecule has 0 atom stereocenters. The smallest absolute Gasteiger partial charge is 0.342 e. The lowest BCUT2D eigenvalue weighted by Crippen LogP contribution is -2.53. The molecule has 7 nitrogen and oxygen atoms in total. The van der Waals surface area contributed by atoms with Crippen LogP contribution in [0.5, 0.6) is 0 Å². The highest BCUT2D eigenvalue weighted by atomic mass is 19.4. The number of piperazine rings is 1. The van der Waals surface area contributed by atoms with Gasteiger partial charge in [0.1, 0.15) is 0 Å². The summed E-state index contributed by atoms with van der Waals surface area (Å²) in [6.45, 7) is 4.56. The van der Waals surface area contributed by atoms with Crippen LogP contribution < -0.4 is 10.6 Å². The number of halogens is 3. The molecule has 2 saturated heterocycles. The number of nitrogens with zero attached hydrogens (tertiary/aromatic N) is 5. The summed E-state index contributed by atoms with van der Waals surface area (Å²) in [7, 11) is 0. The van der Waals surface area contributed by atoms with Gasteiger partial charge in [-0.3, -0.25) is 9.69 Å². The quantitative estimate of drug-likeness (QED) is 0.734. The zero-order chi connectivity index (χ0) is 23.5. The number of hydrogen-bond acceptors (Lipinski definition) is 6. The van der Waals surface area contributed by atoms with Gasteiger partial charge in [0.2, 0.25) is 11.9 Å². The third-order valence-corrected chi connectivity index (χ3v) is 6.83. The van der Waals surface area contributed by atoms with Crippen molar-refractivity contribution in [3.8, 4) is 0 Å². The topological polar surface area (TPSA) is 78.6 Å². The molecular weight excluding hydrogens is 433 g/mol. The third kappa shape index (κ3) is 5.27. The molecule has 10 heteroatoms. The van der Waals surface area contributed by atoms with Gasteiger partial charge in [-0.05, 0) is 30.5 Å². The molecule has 33 heavy (non-hydrogen) atoms. The first-order valence-corrected chi connectivity index (χ1v) is 11.2. The van der Waals surface area contributed by atoms with Crippen LogP contribution in [0.2, 0.25) is 0 Å². The molecule has 1 amide bonds. The number of likely N-dealkylation sites (tertiary alicyclic amines) is 1.